The fraction of sp³-hybridized carbons (Fsp3) is 0.278. The Kier molecular flexibility index (Phi) is 3.99. The minimum Gasteiger partial charge on any atom is -0.497 e. The van der Waals surface area contributed by atoms with E-state index in [1.807, 2.05) is 6.07 Å². The summed E-state index contributed by atoms with van der Waals surface area (Å²) in [5, 5.41) is 2.65. The first kappa shape index (κ1) is 16.7. The van der Waals surface area contributed by atoms with Crippen molar-refractivity contribution < 1.29 is 22.7 Å². The lowest BCUT2D eigenvalue weighted by atomic mass is 10.0. The largest absolute Gasteiger partial charge is 0.497 e. The Labute approximate surface area is 151 Å². The van der Waals surface area contributed by atoms with E-state index >= 15 is 0 Å². The molecule has 2 aromatic rings. The number of aryl methyl sites for hydroxylation is 1. The van der Waals surface area contributed by atoms with Gasteiger partial charge >= 0.3 is 0 Å². The number of anilines is 2. The third kappa shape index (κ3) is 2.76. The second-order valence-electron chi connectivity index (χ2n) is 6.17. The number of ether oxygens (including phenoxy) is 2. The molecule has 0 saturated heterocycles. The highest BCUT2D eigenvalue weighted by atomic mass is 32.2. The number of carbonyl (C=O) groups is 1. The van der Waals surface area contributed by atoms with Crippen molar-refractivity contribution in [1.82, 2.24) is 0 Å². The van der Waals surface area contributed by atoms with Crippen LogP contribution in [0.3, 0.4) is 0 Å². The number of methoxy groups -OCH3 is 1. The molecule has 2 aliphatic heterocycles. The molecule has 136 valence electrons. The number of benzene rings is 2. The summed E-state index contributed by atoms with van der Waals surface area (Å²) in [6.07, 6.45) is 1.52. The molecule has 0 radical (unpaired) electrons. The maximum atomic E-state index is 13.2. The van der Waals surface area contributed by atoms with Crippen molar-refractivity contribution in [3.05, 3.63) is 42.0 Å². The molecule has 2 aliphatic rings. The van der Waals surface area contributed by atoms with Gasteiger partial charge in [0.2, 0.25) is 0 Å². The highest BCUT2D eigenvalue weighted by molar-refractivity contribution is 7.92. The molecule has 0 spiro atoms. The summed E-state index contributed by atoms with van der Waals surface area (Å²) >= 11 is 0. The van der Waals surface area contributed by atoms with Gasteiger partial charge < -0.3 is 14.8 Å². The molecule has 2 heterocycles. The molecular weight excluding hydrogens is 356 g/mol. The quantitative estimate of drug-likeness (QED) is 0.890. The molecule has 2 aromatic carbocycles. The molecule has 8 heteroatoms. The summed E-state index contributed by atoms with van der Waals surface area (Å²) in [6.45, 7) is 0.335. The van der Waals surface area contributed by atoms with Crippen LogP contribution in [0, 0.1) is 0 Å². The molecule has 26 heavy (non-hydrogen) atoms. The summed E-state index contributed by atoms with van der Waals surface area (Å²) in [5.41, 5.74) is 1.97. The molecular formula is C18H18N2O5S. The highest BCUT2D eigenvalue weighted by Crippen LogP contribution is 2.36. The van der Waals surface area contributed by atoms with Crippen LogP contribution in [0.2, 0.25) is 0 Å². The van der Waals surface area contributed by atoms with E-state index in [1.165, 1.54) is 16.4 Å². The predicted octanol–water partition coefficient (Wildman–Crippen LogP) is 2.17. The molecule has 0 atom stereocenters. The van der Waals surface area contributed by atoms with Crippen molar-refractivity contribution in [2.45, 2.75) is 17.7 Å². The van der Waals surface area contributed by atoms with Crippen LogP contribution in [-0.2, 0) is 21.2 Å². The van der Waals surface area contributed by atoms with E-state index in [-0.39, 0.29) is 17.4 Å². The van der Waals surface area contributed by atoms with Crippen LogP contribution in [0.4, 0.5) is 11.4 Å². The molecule has 1 amide bonds. The Hall–Kier alpha value is -2.74. The lowest BCUT2D eigenvalue weighted by Crippen LogP contribution is -2.35. The molecule has 7 nitrogen and oxygen atoms in total. The third-order valence-corrected chi connectivity index (χ3v) is 6.34. The van der Waals surface area contributed by atoms with Crippen molar-refractivity contribution in [1.29, 1.82) is 0 Å². The second-order valence-corrected chi connectivity index (χ2v) is 8.03. The Morgan fingerprint density at radius 1 is 1.19 bits per heavy atom. The molecule has 4 rings (SSSR count). The van der Waals surface area contributed by atoms with Gasteiger partial charge in [0.05, 0.1) is 23.4 Å². The number of hydrogen-bond donors (Lipinski definition) is 1. The molecule has 0 bridgehead atoms. The van der Waals surface area contributed by atoms with Gasteiger partial charge in [0.15, 0.2) is 6.61 Å². The van der Waals surface area contributed by atoms with Crippen molar-refractivity contribution >= 4 is 27.3 Å². The molecule has 0 fully saturated rings. The summed E-state index contributed by atoms with van der Waals surface area (Å²) < 4.78 is 38.4. The van der Waals surface area contributed by atoms with Gasteiger partial charge in [-0.05, 0) is 54.8 Å². The van der Waals surface area contributed by atoms with Crippen molar-refractivity contribution in [3.8, 4) is 11.5 Å². The van der Waals surface area contributed by atoms with Crippen molar-refractivity contribution in [2.24, 2.45) is 0 Å². The van der Waals surface area contributed by atoms with E-state index in [0.717, 1.165) is 18.4 Å². The zero-order valence-electron chi connectivity index (χ0n) is 14.2. The molecule has 0 aliphatic carbocycles. The SMILES string of the molecule is COc1ccc2c(c1)CCCN2S(=O)(=O)c1ccc2c(c1)NC(=O)CO2. The first-order chi connectivity index (χ1) is 12.5. The first-order valence-electron chi connectivity index (χ1n) is 8.25. The number of nitrogens with zero attached hydrogens (tertiary/aromatic N) is 1. The zero-order valence-corrected chi connectivity index (χ0v) is 15.0. The van der Waals surface area contributed by atoms with Gasteiger partial charge in [-0.15, -0.1) is 0 Å². The van der Waals surface area contributed by atoms with Crippen LogP contribution in [0.15, 0.2) is 41.3 Å². The van der Waals surface area contributed by atoms with Crippen LogP contribution < -0.4 is 19.1 Å². The minimum absolute atomic E-state index is 0.0690. The monoisotopic (exact) mass is 374 g/mol. The number of hydrogen-bond acceptors (Lipinski definition) is 5. The van der Waals surface area contributed by atoms with E-state index in [4.69, 9.17) is 9.47 Å². The van der Waals surface area contributed by atoms with Gasteiger partial charge in [-0.25, -0.2) is 8.42 Å². The van der Waals surface area contributed by atoms with E-state index in [1.54, 1.807) is 25.3 Å². The number of fused-ring (bicyclic) bond motifs is 2. The Morgan fingerprint density at radius 2 is 2.04 bits per heavy atom. The third-order valence-electron chi connectivity index (χ3n) is 4.53. The van der Waals surface area contributed by atoms with E-state index in [0.29, 0.717) is 29.4 Å². The lowest BCUT2D eigenvalue weighted by Gasteiger charge is -2.31. The average Bonchev–Trinajstić information content (AvgIpc) is 2.66. The van der Waals surface area contributed by atoms with Gasteiger partial charge in [0, 0.05) is 6.54 Å². The zero-order chi connectivity index (χ0) is 18.3. The summed E-state index contributed by atoms with van der Waals surface area (Å²) in [4.78, 5) is 11.6. The Morgan fingerprint density at radius 3 is 2.85 bits per heavy atom. The molecule has 0 aromatic heterocycles. The number of sulfonamides is 1. The molecule has 0 saturated carbocycles. The normalized spacial score (nSPS) is 16.2. The Balaban J connectivity index is 1.74. The van der Waals surface area contributed by atoms with E-state index in [9.17, 15) is 13.2 Å². The maximum Gasteiger partial charge on any atom is 0.264 e. The van der Waals surface area contributed by atoms with Gasteiger partial charge in [-0.2, -0.15) is 0 Å². The fourth-order valence-corrected chi connectivity index (χ4v) is 4.83. The maximum absolute atomic E-state index is 13.2. The number of nitrogens with one attached hydrogen (secondary N) is 1. The smallest absolute Gasteiger partial charge is 0.264 e. The number of amides is 1. The molecule has 1 N–H and O–H groups in total. The predicted molar refractivity (Wildman–Crippen MR) is 96.4 cm³/mol. The topological polar surface area (TPSA) is 84.9 Å². The van der Waals surface area contributed by atoms with Gasteiger partial charge in [-0.1, -0.05) is 0 Å². The van der Waals surface area contributed by atoms with Gasteiger partial charge in [-0.3, -0.25) is 9.10 Å². The summed E-state index contributed by atoms with van der Waals surface area (Å²) in [7, 11) is -2.17. The number of rotatable bonds is 3. The first-order valence-corrected chi connectivity index (χ1v) is 9.69. The van der Waals surface area contributed by atoms with E-state index in [2.05, 4.69) is 5.32 Å². The van der Waals surface area contributed by atoms with Crippen LogP contribution in [0.1, 0.15) is 12.0 Å². The van der Waals surface area contributed by atoms with Crippen molar-refractivity contribution in [2.75, 3.05) is 29.9 Å². The number of carbonyl (C=O) groups excluding carboxylic acids is 1. The van der Waals surface area contributed by atoms with Crippen LogP contribution in [0.5, 0.6) is 11.5 Å². The van der Waals surface area contributed by atoms with Crippen LogP contribution in [-0.4, -0.2) is 34.6 Å². The second kappa shape index (κ2) is 6.21. The summed E-state index contributed by atoms with van der Waals surface area (Å²) in [6, 6.07) is 9.92. The summed E-state index contributed by atoms with van der Waals surface area (Å²) in [5.74, 6) is 0.867. The molecule has 0 unspecified atom stereocenters. The van der Waals surface area contributed by atoms with Crippen LogP contribution >= 0.6 is 0 Å². The lowest BCUT2D eigenvalue weighted by molar-refractivity contribution is -0.118. The highest BCUT2D eigenvalue weighted by Gasteiger charge is 2.30. The standard InChI is InChI=1S/C18H18N2O5S/c1-24-13-4-6-16-12(9-13)3-2-8-20(16)26(22,23)14-5-7-17-15(10-14)19-18(21)11-25-17/h4-7,9-10H,2-3,8,11H2,1H3,(H,19,21). The van der Waals surface area contributed by atoms with Gasteiger partial charge in [0.25, 0.3) is 15.9 Å². The van der Waals surface area contributed by atoms with E-state index < -0.39 is 10.0 Å². The Bertz CT molecular complexity index is 987. The minimum atomic E-state index is -3.76. The average molecular weight is 374 g/mol. The van der Waals surface area contributed by atoms with Crippen molar-refractivity contribution in [3.63, 3.8) is 0 Å². The fourth-order valence-electron chi connectivity index (χ4n) is 3.27. The van der Waals surface area contributed by atoms with Gasteiger partial charge in [0.1, 0.15) is 11.5 Å². The van der Waals surface area contributed by atoms with Crippen LogP contribution in [0.25, 0.3) is 0 Å².